The number of nitrogen functional groups attached to an aromatic ring is 1. The fourth-order valence-electron chi connectivity index (χ4n) is 2.68. The smallest absolute Gasteiger partial charge is 0.0854 e. The van der Waals surface area contributed by atoms with Crippen LogP contribution in [0.15, 0.2) is 36.4 Å². The molecule has 0 atom stereocenters. The van der Waals surface area contributed by atoms with Gasteiger partial charge in [-0.05, 0) is 25.0 Å². The highest BCUT2D eigenvalue weighted by atomic mass is 15.3. The second-order valence-electron chi connectivity index (χ2n) is 5.17. The SMILES string of the molecule is CCc1nn(Cc2ccc3ccccc3n2)c(CC)c1N. The lowest BCUT2D eigenvalue weighted by Gasteiger charge is -2.07. The minimum absolute atomic E-state index is 0.665. The number of pyridine rings is 1. The van der Waals surface area contributed by atoms with E-state index >= 15 is 0 Å². The van der Waals surface area contributed by atoms with E-state index in [1.54, 1.807) is 0 Å². The Balaban J connectivity index is 1.98. The lowest BCUT2D eigenvalue weighted by atomic mass is 10.2. The van der Waals surface area contributed by atoms with E-state index in [1.165, 1.54) is 0 Å². The minimum Gasteiger partial charge on any atom is -0.396 e. The van der Waals surface area contributed by atoms with Gasteiger partial charge in [0.1, 0.15) is 0 Å². The molecular weight excluding hydrogens is 260 g/mol. The van der Waals surface area contributed by atoms with Gasteiger partial charge in [0.25, 0.3) is 0 Å². The Labute approximate surface area is 124 Å². The number of rotatable bonds is 4. The van der Waals surface area contributed by atoms with Crippen LogP contribution in [0, 0.1) is 0 Å². The van der Waals surface area contributed by atoms with Gasteiger partial charge in [-0.1, -0.05) is 38.1 Å². The van der Waals surface area contributed by atoms with Crippen molar-refractivity contribution in [3.63, 3.8) is 0 Å². The molecule has 0 saturated heterocycles. The number of hydrogen-bond acceptors (Lipinski definition) is 3. The number of anilines is 1. The zero-order valence-corrected chi connectivity index (χ0v) is 12.5. The van der Waals surface area contributed by atoms with Crippen LogP contribution >= 0.6 is 0 Å². The lowest BCUT2D eigenvalue weighted by Crippen LogP contribution is -2.08. The third-order valence-corrected chi connectivity index (χ3v) is 3.81. The van der Waals surface area contributed by atoms with E-state index in [4.69, 9.17) is 10.7 Å². The van der Waals surface area contributed by atoms with Crippen molar-refractivity contribution in [2.45, 2.75) is 33.2 Å². The first-order chi connectivity index (χ1) is 10.2. The Bertz CT molecular complexity index is 774. The Kier molecular flexibility index (Phi) is 3.60. The van der Waals surface area contributed by atoms with E-state index in [0.29, 0.717) is 6.54 Å². The van der Waals surface area contributed by atoms with Crippen LogP contribution in [0.4, 0.5) is 5.69 Å². The quantitative estimate of drug-likeness (QED) is 0.798. The van der Waals surface area contributed by atoms with Crippen LogP contribution in [-0.2, 0) is 19.4 Å². The summed E-state index contributed by atoms with van der Waals surface area (Å²) in [6.07, 6.45) is 1.74. The van der Waals surface area contributed by atoms with E-state index in [1.807, 2.05) is 22.9 Å². The standard InChI is InChI=1S/C17H20N4/c1-3-14-17(18)16(4-2)21(20-14)11-13-10-9-12-7-5-6-8-15(12)19-13/h5-10H,3-4,11,18H2,1-2H3. The summed E-state index contributed by atoms with van der Waals surface area (Å²) in [6, 6.07) is 12.3. The number of para-hydroxylation sites is 1. The lowest BCUT2D eigenvalue weighted by molar-refractivity contribution is 0.631. The van der Waals surface area contributed by atoms with Crippen molar-refractivity contribution in [3.8, 4) is 0 Å². The molecule has 0 spiro atoms. The molecule has 0 fully saturated rings. The molecule has 0 radical (unpaired) electrons. The molecule has 2 aromatic heterocycles. The average molecular weight is 280 g/mol. The second-order valence-corrected chi connectivity index (χ2v) is 5.17. The van der Waals surface area contributed by atoms with Crippen LogP contribution in [0.3, 0.4) is 0 Å². The van der Waals surface area contributed by atoms with Crippen molar-refractivity contribution >= 4 is 16.6 Å². The number of nitrogens with two attached hydrogens (primary N) is 1. The zero-order chi connectivity index (χ0) is 14.8. The number of aromatic nitrogens is 3. The van der Waals surface area contributed by atoms with Crippen LogP contribution in [0.2, 0.25) is 0 Å². The van der Waals surface area contributed by atoms with Crippen molar-refractivity contribution < 1.29 is 0 Å². The topological polar surface area (TPSA) is 56.7 Å². The molecule has 3 rings (SSSR count). The summed E-state index contributed by atoms with van der Waals surface area (Å²) in [5.74, 6) is 0. The van der Waals surface area contributed by atoms with Crippen LogP contribution in [0.5, 0.6) is 0 Å². The van der Waals surface area contributed by atoms with Crippen molar-refractivity contribution in [2.24, 2.45) is 0 Å². The first-order valence-electron chi connectivity index (χ1n) is 7.41. The molecule has 3 aromatic rings. The largest absolute Gasteiger partial charge is 0.396 e. The van der Waals surface area contributed by atoms with Gasteiger partial charge in [0, 0.05) is 5.39 Å². The summed E-state index contributed by atoms with van der Waals surface area (Å²) in [7, 11) is 0. The molecule has 108 valence electrons. The molecule has 0 amide bonds. The van der Waals surface area contributed by atoms with Crippen LogP contribution < -0.4 is 5.73 Å². The Morgan fingerprint density at radius 1 is 1.05 bits per heavy atom. The monoisotopic (exact) mass is 280 g/mol. The van der Waals surface area contributed by atoms with Gasteiger partial charge in [-0.15, -0.1) is 0 Å². The maximum absolute atomic E-state index is 6.17. The van der Waals surface area contributed by atoms with Crippen molar-refractivity contribution in [3.05, 3.63) is 53.5 Å². The Hall–Kier alpha value is -2.36. The first kappa shape index (κ1) is 13.6. The molecule has 1 aromatic carbocycles. The second kappa shape index (κ2) is 5.56. The Morgan fingerprint density at radius 2 is 1.86 bits per heavy atom. The van der Waals surface area contributed by atoms with Crippen LogP contribution in [-0.4, -0.2) is 14.8 Å². The summed E-state index contributed by atoms with van der Waals surface area (Å²) >= 11 is 0. The van der Waals surface area contributed by atoms with Gasteiger partial charge in [0.05, 0.1) is 34.8 Å². The summed E-state index contributed by atoms with van der Waals surface area (Å²) in [6.45, 7) is 4.85. The van der Waals surface area contributed by atoms with Gasteiger partial charge >= 0.3 is 0 Å². The summed E-state index contributed by atoms with van der Waals surface area (Å²) < 4.78 is 1.99. The van der Waals surface area contributed by atoms with Gasteiger partial charge < -0.3 is 5.73 Å². The van der Waals surface area contributed by atoms with E-state index in [-0.39, 0.29) is 0 Å². The maximum atomic E-state index is 6.17. The highest BCUT2D eigenvalue weighted by Crippen LogP contribution is 2.20. The molecule has 0 aliphatic rings. The van der Waals surface area contributed by atoms with Gasteiger partial charge in [0.15, 0.2) is 0 Å². The van der Waals surface area contributed by atoms with Crippen molar-refractivity contribution in [2.75, 3.05) is 5.73 Å². The third-order valence-electron chi connectivity index (χ3n) is 3.81. The fraction of sp³-hybridized carbons (Fsp3) is 0.294. The highest BCUT2D eigenvalue weighted by Gasteiger charge is 2.13. The van der Waals surface area contributed by atoms with Gasteiger partial charge in [0.2, 0.25) is 0 Å². The molecular formula is C17H20N4. The Morgan fingerprint density at radius 3 is 2.62 bits per heavy atom. The maximum Gasteiger partial charge on any atom is 0.0854 e. The molecule has 4 nitrogen and oxygen atoms in total. The van der Waals surface area contributed by atoms with Gasteiger partial charge in [-0.2, -0.15) is 5.10 Å². The van der Waals surface area contributed by atoms with Gasteiger partial charge in [-0.3, -0.25) is 9.67 Å². The summed E-state index contributed by atoms with van der Waals surface area (Å²) in [4.78, 5) is 4.71. The first-order valence-corrected chi connectivity index (χ1v) is 7.41. The number of hydrogen-bond donors (Lipinski definition) is 1. The molecule has 0 aliphatic carbocycles. The predicted molar refractivity (Wildman–Crippen MR) is 86.2 cm³/mol. The van der Waals surface area contributed by atoms with Crippen molar-refractivity contribution in [1.29, 1.82) is 0 Å². The molecule has 21 heavy (non-hydrogen) atoms. The molecule has 0 bridgehead atoms. The van der Waals surface area contributed by atoms with E-state index < -0.39 is 0 Å². The molecule has 0 aliphatic heterocycles. The molecule has 2 heterocycles. The molecule has 4 heteroatoms. The summed E-state index contributed by atoms with van der Waals surface area (Å²) in [5.41, 5.74) is 11.1. The molecule has 2 N–H and O–H groups in total. The van der Waals surface area contributed by atoms with E-state index in [9.17, 15) is 0 Å². The average Bonchev–Trinajstić information content (AvgIpc) is 2.82. The number of aryl methyl sites for hydroxylation is 1. The molecule has 0 saturated carbocycles. The number of fused-ring (bicyclic) bond motifs is 1. The highest BCUT2D eigenvalue weighted by molar-refractivity contribution is 5.78. The van der Waals surface area contributed by atoms with E-state index in [0.717, 1.165) is 46.5 Å². The van der Waals surface area contributed by atoms with Gasteiger partial charge in [-0.25, -0.2) is 0 Å². The normalized spacial score (nSPS) is 11.1. The number of benzene rings is 1. The van der Waals surface area contributed by atoms with Crippen molar-refractivity contribution in [1.82, 2.24) is 14.8 Å². The number of nitrogens with zero attached hydrogens (tertiary/aromatic N) is 3. The zero-order valence-electron chi connectivity index (χ0n) is 12.5. The van der Waals surface area contributed by atoms with Crippen LogP contribution in [0.25, 0.3) is 10.9 Å². The molecule has 0 unspecified atom stereocenters. The predicted octanol–water partition coefficient (Wildman–Crippen LogP) is 3.19. The fourth-order valence-corrected chi connectivity index (χ4v) is 2.68. The summed E-state index contributed by atoms with van der Waals surface area (Å²) in [5, 5.41) is 5.78. The minimum atomic E-state index is 0.665. The van der Waals surface area contributed by atoms with E-state index in [2.05, 4.69) is 37.1 Å². The van der Waals surface area contributed by atoms with Crippen LogP contribution in [0.1, 0.15) is 30.9 Å². The third kappa shape index (κ3) is 2.49.